The summed E-state index contributed by atoms with van der Waals surface area (Å²) in [5.41, 5.74) is -0.436. The molecule has 0 aliphatic heterocycles. The van der Waals surface area contributed by atoms with Crippen molar-refractivity contribution in [3.05, 3.63) is 29.3 Å². The third-order valence-corrected chi connectivity index (χ3v) is 2.78. The van der Waals surface area contributed by atoms with Crippen LogP contribution in [0.5, 0.6) is 5.75 Å². The second kappa shape index (κ2) is 5.33. The molecule has 0 saturated heterocycles. The van der Waals surface area contributed by atoms with Crippen LogP contribution in [0.4, 0.5) is 8.78 Å². The Morgan fingerprint density at radius 3 is 2.44 bits per heavy atom. The molecular weight excluding hydrogens is 242 g/mol. The van der Waals surface area contributed by atoms with Gasteiger partial charge >= 0.3 is 5.97 Å². The Balaban J connectivity index is 2.65. The van der Waals surface area contributed by atoms with Crippen molar-refractivity contribution >= 4 is 5.97 Å². The molecule has 0 amide bonds. The van der Waals surface area contributed by atoms with Gasteiger partial charge in [0.05, 0.1) is 12.0 Å². The first-order chi connectivity index (χ1) is 8.24. The Kier molecular flexibility index (Phi) is 4.27. The molecule has 1 aromatic carbocycles. The Bertz CT molecular complexity index is 456. The third kappa shape index (κ3) is 3.42. The molecular formula is C13H16F2O3. The van der Waals surface area contributed by atoms with Gasteiger partial charge in [-0.15, -0.1) is 0 Å². The Morgan fingerprint density at radius 1 is 1.33 bits per heavy atom. The van der Waals surface area contributed by atoms with Crippen LogP contribution >= 0.6 is 0 Å². The molecule has 0 aliphatic carbocycles. The quantitative estimate of drug-likeness (QED) is 0.882. The van der Waals surface area contributed by atoms with Crippen LogP contribution in [0.2, 0.25) is 0 Å². The van der Waals surface area contributed by atoms with Gasteiger partial charge in [-0.25, -0.2) is 8.78 Å². The zero-order chi connectivity index (χ0) is 13.9. The van der Waals surface area contributed by atoms with E-state index in [-0.39, 0.29) is 18.8 Å². The van der Waals surface area contributed by atoms with E-state index in [0.717, 1.165) is 12.1 Å². The van der Waals surface area contributed by atoms with Gasteiger partial charge in [0.15, 0.2) is 11.6 Å². The summed E-state index contributed by atoms with van der Waals surface area (Å²) < 4.78 is 31.2. The minimum atomic E-state index is -0.979. The largest absolute Gasteiger partial charge is 0.493 e. The summed E-state index contributed by atoms with van der Waals surface area (Å²) in [6.07, 6.45) is 0.279. The van der Waals surface area contributed by atoms with Crippen molar-refractivity contribution in [1.29, 1.82) is 0 Å². The first-order valence-electron chi connectivity index (χ1n) is 5.56. The summed E-state index contributed by atoms with van der Waals surface area (Å²) in [4.78, 5) is 10.9. The number of hydrogen-bond acceptors (Lipinski definition) is 2. The molecule has 0 atom stereocenters. The molecule has 0 saturated carbocycles. The predicted molar refractivity (Wildman–Crippen MR) is 62.6 cm³/mol. The average Bonchev–Trinajstić information content (AvgIpc) is 2.25. The van der Waals surface area contributed by atoms with Gasteiger partial charge < -0.3 is 9.84 Å². The van der Waals surface area contributed by atoms with Gasteiger partial charge in [-0.05, 0) is 38.8 Å². The van der Waals surface area contributed by atoms with Crippen molar-refractivity contribution in [3.8, 4) is 5.75 Å². The highest BCUT2D eigenvalue weighted by atomic mass is 19.2. The van der Waals surface area contributed by atoms with E-state index >= 15 is 0 Å². The number of rotatable bonds is 5. The predicted octanol–water partition coefficient (Wildman–Crippen LogP) is 3.15. The van der Waals surface area contributed by atoms with E-state index < -0.39 is 23.0 Å². The van der Waals surface area contributed by atoms with Crippen LogP contribution in [0, 0.1) is 24.0 Å². The molecule has 0 fully saturated rings. The van der Waals surface area contributed by atoms with Crippen molar-refractivity contribution in [2.45, 2.75) is 27.2 Å². The number of aryl methyl sites for hydroxylation is 1. The van der Waals surface area contributed by atoms with E-state index in [9.17, 15) is 13.6 Å². The number of benzene rings is 1. The number of halogens is 2. The fourth-order valence-corrected chi connectivity index (χ4v) is 1.31. The van der Waals surface area contributed by atoms with Gasteiger partial charge in [0.1, 0.15) is 5.75 Å². The lowest BCUT2D eigenvalue weighted by Gasteiger charge is -2.19. The monoisotopic (exact) mass is 258 g/mol. The fraction of sp³-hybridized carbons (Fsp3) is 0.462. The summed E-state index contributed by atoms with van der Waals surface area (Å²) in [7, 11) is 0. The summed E-state index contributed by atoms with van der Waals surface area (Å²) in [5.74, 6) is -2.60. The zero-order valence-corrected chi connectivity index (χ0v) is 10.6. The van der Waals surface area contributed by atoms with E-state index in [2.05, 4.69) is 0 Å². The van der Waals surface area contributed by atoms with Crippen LogP contribution < -0.4 is 4.74 Å². The molecule has 0 spiro atoms. The number of hydrogen-bond donors (Lipinski definition) is 1. The highest BCUT2D eigenvalue weighted by Gasteiger charge is 2.26. The van der Waals surface area contributed by atoms with Crippen molar-refractivity contribution in [2.24, 2.45) is 5.41 Å². The summed E-state index contributed by atoms with van der Waals surface area (Å²) in [6.45, 7) is 4.89. The maximum absolute atomic E-state index is 13.0. The summed E-state index contributed by atoms with van der Waals surface area (Å²) >= 11 is 0. The van der Waals surface area contributed by atoms with Crippen molar-refractivity contribution in [1.82, 2.24) is 0 Å². The maximum atomic E-state index is 13.0. The summed E-state index contributed by atoms with van der Waals surface area (Å²) in [6, 6.07) is 2.02. The van der Waals surface area contributed by atoms with E-state index in [1.54, 1.807) is 20.8 Å². The zero-order valence-electron chi connectivity index (χ0n) is 10.6. The molecule has 0 heterocycles. The van der Waals surface area contributed by atoms with Crippen LogP contribution in [-0.4, -0.2) is 17.7 Å². The second-order valence-corrected chi connectivity index (χ2v) is 4.82. The lowest BCUT2D eigenvalue weighted by atomic mass is 9.90. The molecule has 1 rings (SSSR count). The molecule has 0 radical (unpaired) electrons. The molecule has 5 heteroatoms. The number of carboxylic acid groups (broad SMARTS) is 1. The van der Waals surface area contributed by atoms with Crippen LogP contribution in [0.1, 0.15) is 25.8 Å². The van der Waals surface area contributed by atoms with Gasteiger partial charge in [0.25, 0.3) is 0 Å². The standard InChI is InChI=1S/C13H16F2O3/c1-8-6-9(14)10(15)7-11(8)18-5-4-13(2,3)12(16)17/h6-7H,4-5H2,1-3H3,(H,16,17). The van der Waals surface area contributed by atoms with Crippen LogP contribution in [-0.2, 0) is 4.79 Å². The second-order valence-electron chi connectivity index (χ2n) is 4.82. The van der Waals surface area contributed by atoms with E-state index in [1.165, 1.54) is 0 Å². The molecule has 1 N–H and O–H groups in total. The molecule has 1 aromatic rings. The Hall–Kier alpha value is -1.65. The van der Waals surface area contributed by atoms with Gasteiger partial charge in [-0.2, -0.15) is 0 Å². The van der Waals surface area contributed by atoms with Crippen molar-refractivity contribution in [3.63, 3.8) is 0 Å². The molecule has 18 heavy (non-hydrogen) atoms. The summed E-state index contributed by atoms with van der Waals surface area (Å²) in [5, 5.41) is 8.91. The van der Waals surface area contributed by atoms with E-state index in [4.69, 9.17) is 9.84 Å². The Labute approximate surface area is 104 Å². The van der Waals surface area contributed by atoms with Crippen molar-refractivity contribution in [2.75, 3.05) is 6.61 Å². The van der Waals surface area contributed by atoms with Gasteiger partial charge in [-0.3, -0.25) is 4.79 Å². The Morgan fingerprint density at radius 2 is 1.89 bits per heavy atom. The van der Waals surface area contributed by atoms with Crippen LogP contribution in [0.25, 0.3) is 0 Å². The number of carbonyl (C=O) groups is 1. The first-order valence-corrected chi connectivity index (χ1v) is 5.56. The normalized spacial score (nSPS) is 11.4. The van der Waals surface area contributed by atoms with Gasteiger partial charge in [0, 0.05) is 6.07 Å². The number of ether oxygens (including phenoxy) is 1. The number of aliphatic carboxylic acids is 1. The first kappa shape index (κ1) is 14.4. The lowest BCUT2D eigenvalue weighted by Crippen LogP contribution is -2.26. The minimum Gasteiger partial charge on any atom is -0.493 e. The minimum absolute atomic E-state index is 0.130. The molecule has 3 nitrogen and oxygen atoms in total. The molecule has 0 aromatic heterocycles. The third-order valence-electron chi connectivity index (χ3n) is 2.78. The maximum Gasteiger partial charge on any atom is 0.309 e. The van der Waals surface area contributed by atoms with Crippen molar-refractivity contribution < 1.29 is 23.4 Å². The lowest BCUT2D eigenvalue weighted by molar-refractivity contribution is -0.147. The fourth-order valence-electron chi connectivity index (χ4n) is 1.31. The smallest absolute Gasteiger partial charge is 0.309 e. The van der Waals surface area contributed by atoms with E-state index in [0.29, 0.717) is 5.56 Å². The molecule has 100 valence electrons. The van der Waals surface area contributed by atoms with Gasteiger partial charge in [0.2, 0.25) is 0 Å². The SMILES string of the molecule is Cc1cc(F)c(F)cc1OCCC(C)(C)C(=O)O. The molecule has 0 aliphatic rings. The molecule has 0 unspecified atom stereocenters. The van der Waals surface area contributed by atoms with E-state index in [1.807, 2.05) is 0 Å². The molecule has 0 bridgehead atoms. The topological polar surface area (TPSA) is 46.5 Å². The average molecular weight is 258 g/mol. The van der Waals surface area contributed by atoms with Crippen LogP contribution in [0.3, 0.4) is 0 Å². The van der Waals surface area contributed by atoms with Gasteiger partial charge in [-0.1, -0.05) is 0 Å². The van der Waals surface area contributed by atoms with Crippen LogP contribution in [0.15, 0.2) is 12.1 Å². The number of carboxylic acids is 1. The highest BCUT2D eigenvalue weighted by Crippen LogP contribution is 2.24. The highest BCUT2D eigenvalue weighted by molar-refractivity contribution is 5.73.